The van der Waals surface area contributed by atoms with Gasteiger partial charge in [-0.1, -0.05) is 73.7 Å². The van der Waals surface area contributed by atoms with E-state index in [1.807, 2.05) is 93.6 Å². The Morgan fingerprint density at radius 3 is 2.17 bits per heavy atom. The molecule has 0 aliphatic carbocycles. The third kappa shape index (κ3) is 8.19. The van der Waals surface area contributed by atoms with Gasteiger partial charge in [-0.3, -0.25) is 14.4 Å². The number of carbonyl (C=O) groups is 3. The molecular weight excluding hydrogens is 530 g/mol. The van der Waals surface area contributed by atoms with Gasteiger partial charge in [0.15, 0.2) is 0 Å². The molecule has 3 N–H and O–H groups in total. The van der Waals surface area contributed by atoms with E-state index in [2.05, 4.69) is 16.0 Å². The molecule has 4 rings (SSSR count). The molecule has 4 aromatic rings. The topological polar surface area (TPSA) is 87.3 Å². The van der Waals surface area contributed by atoms with E-state index in [0.29, 0.717) is 17.7 Å². The summed E-state index contributed by atoms with van der Waals surface area (Å²) in [7, 11) is 0. The van der Waals surface area contributed by atoms with Crippen LogP contribution < -0.4 is 16.0 Å². The molecule has 0 aromatic heterocycles. The Bertz CT molecular complexity index is 1570. The van der Waals surface area contributed by atoms with E-state index in [-0.39, 0.29) is 22.8 Å². The number of para-hydroxylation sites is 1. The highest BCUT2D eigenvalue weighted by molar-refractivity contribution is 8.00. The van der Waals surface area contributed by atoms with Gasteiger partial charge in [-0.25, -0.2) is 0 Å². The predicted molar refractivity (Wildman–Crippen MR) is 168 cm³/mol. The van der Waals surface area contributed by atoms with Crippen LogP contribution in [0.4, 0.5) is 11.4 Å². The third-order valence-corrected chi connectivity index (χ3v) is 7.81. The fourth-order valence-corrected chi connectivity index (χ4v) is 5.12. The van der Waals surface area contributed by atoms with E-state index in [9.17, 15) is 14.4 Å². The standard InChI is InChI=1S/C34H33N3O3S/c1-4-31(34(40)36-29-20-11-9-14-24(29)3)41-28-19-12-18-27(22-28)35-33(39)30(21-26-17-10-8-13-23(26)2)37-32(38)25-15-6-5-7-16-25/h5-22,31H,4H2,1-3H3,(H,35,39)(H,36,40)(H,37,38)/b30-21-. The zero-order valence-electron chi connectivity index (χ0n) is 23.3. The highest BCUT2D eigenvalue weighted by atomic mass is 32.2. The second-order valence-electron chi connectivity index (χ2n) is 9.54. The van der Waals surface area contributed by atoms with Crippen LogP contribution in [0.2, 0.25) is 0 Å². The van der Waals surface area contributed by atoms with Gasteiger partial charge in [0.2, 0.25) is 5.91 Å². The van der Waals surface area contributed by atoms with E-state index in [0.717, 1.165) is 27.3 Å². The van der Waals surface area contributed by atoms with Crippen molar-refractivity contribution in [2.75, 3.05) is 10.6 Å². The van der Waals surface area contributed by atoms with Crippen molar-refractivity contribution >= 4 is 46.9 Å². The molecule has 0 heterocycles. The van der Waals surface area contributed by atoms with Gasteiger partial charge in [-0.15, -0.1) is 11.8 Å². The Labute approximate surface area is 245 Å². The summed E-state index contributed by atoms with van der Waals surface area (Å²) in [5.41, 5.74) is 4.71. The quantitative estimate of drug-likeness (QED) is 0.140. The van der Waals surface area contributed by atoms with Crippen molar-refractivity contribution in [1.82, 2.24) is 5.32 Å². The number of anilines is 2. The molecule has 0 bridgehead atoms. The maximum Gasteiger partial charge on any atom is 0.272 e. The Balaban J connectivity index is 1.51. The Morgan fingerprint density at radius 2 is 1.46 bits per heavy atom. The second kappa shape index (κ2) is 14.1. The van der Waals surface area contributed by atoms with Crippen LogP contribution in [0.25, 0.3) is 6.08 Å². The van der Waals surface area contributed by atoms with Crippen LogP contribution in [0.3, 0.4) is 0 Å². The highest BCUT2D eigenvalue weighted by Gasteiger charge is 2.20. The minimum atomic E-state index is -0.455. The average Bonchev–Trinajstić information content (AvgIpc) is 2.98. The molecular formula is C34H33N3O3S. The molecule has 41 heavy (non-hydrogen) atoms. The van der Waals surface area contributed by atoms with Gasteiger partial charge in [-0.05, 0) is 79.4 Å². The smallest absolute Gasteiger partial charge is 0.272 e. The molecule has 0 aliphatic heterocycles. The van der Waals surface area contributed by atoms with E-state index >= 15 is 0 Å². The van der Waals surface area contributed by atoms with Gasteiger partial charge in [0.1, 0.15) is 5.70 Å². The monoisotopic (exact) mass is 563 g/mol. The fraction of sp³-hybridized carbons (Fsp3) is 0.147. The summed E-state index contributed by atoms with van der Waals surface area (Å²) in [5, 5.41) is 8.40. The van der Waals surface area contributed by atoms with Crippen molar-refractivity contribution in [2.45, 2.75) is 37.3 Å². The molecule has 1 atom stereocenters. The van der Waals surface area contributed by atoms with Gasteiger partial charge in [0, 0.05) is 21.8 Å². The average molecular weight is 564 g/mol. The Morgan fingerprint density at radius 1 is 0.780 bits per heavy atom. The molecule has 0 saturated heterocycles. The number of benzene rings is 4. The number of amides is 3. The van der Waals surface area contributed by atoms with Gasteiger partial charge in [-0.2, -0.15) is 0 Å². The number of aryl methyl sites for hydroxylation is 2. The molecule has 0 radical (unpaired) electrons. The lowest BCUT2D eigenvalue weighted by atomic mass is 10.1. The third-order valence-electron chi connectivity index (χ3n) is 6.45. The first-order valence-corrected chi connectivity index (χ1v) is 14.3. The first-order valence-electron chi connectivity index (χ1n) is 13.4. The minimum Gasteiger partial charge on any atom is -0.325 e. The van der Waals surface area contributed by atoms with Crippen molar-refractivity contribution in [3.8, 4) is 0 Å². The van der Waals surface area contributed by atoms with Crippen molar-refractivity contribution in [3.05, 3.63) is 131 Å². The van der Waals surface area contributed by atoms with E-state index in [1.165, 1.54) is 11.8 Å². The van der Waals surface area contributed by atoms with Crippen LogP contribution in [0.1, 0.15) is 40.4 Å². The molecule has 7 heteroatoms. The van der Waals surface area contributed by atoms with E-state index in [1.54, 1.807) is 36.4 Å². The molecule has 208 valence electrons. The first-order chi connectivity index (χ1) is 19.8. The van der Waals surface area contributed by atoms with E-state index in [4.69, 9.17) is 0 Å². The number of rotatable bonds is 10. The van der Waals surface area contributed by atoms with Gasteiger partial charge in [0.05, 0.1) is 5.25 Å². The molecule has 0 fully saturated rings. The molecule has 0 aliphatic rings. The molecule has 0 saturated carbocycles. The fourth-order valence-electron chi connectivity index (χ4n) is 4.11. The lowest BCUT2D eigenvalue weighted by Crippen LogP contribution is -2.30. The van der Waals surface area contributed by atoms with E-state index < -0.39 is 5.91 Å². The molecule has 0 spiro atoms. The SMILES string of the molecule is CCC(Sc1cccc(NC(=O)/C(=C/c2ccccc2C)NC(=O)c2ccccc2)c1)C(=O)Nc1ccccc1C. The Kier molecular flexibility index (Phi) is 10.1. The lowest BCUT2D eigenvalue weighted by Gasteiger charge is -2.17. The second-order valence-corrected chi connectivity index (χ2v) is 10.8. The lowest BCUT2D eigenvalue weighted by molar-refractivity contribution is -0.116. The van der Waals surface area contributed by atoms with Crippen molar-refractivity contribution in [3.63, 3.8) is 0 Å². The van der Waals surface area contributed by atoms with Crippen molar-refractivity contribution in [1.29, 1.82) is 0 Å². The molecule has 1 unspecified atom stereocenters. The van der Waals surface area contributed by atoms with Crippen LogP contribution in [0, 0.1) is 13.8 Å². The molecule has 3 amide bonds. The predicted octanol–water partition coefficient (Wildman–Crippen LogP) is 7.22. The summed E-state index contributed by atoms with van der Waals surface area (Å²) in [6, 6.07) is 31.4. The number of hydrogen-bond donors (Lipinski definition) is 3. The number of thioether (sulfide) groups is 1. The molecule has 4 aromatic carbocycles. The van der Waals surface area contributed by atoms with Gasteiger partial charge >= 0.3 is 0 Å². The summed E-state index contributed by atoms with van der Waals surface area (Å²) in [4.78, 5) is 40.3. The number of carbonyl (C=O) groups excluding carboxylic acids is 3. The van der Waals surface area contributed by atoms with Crippen LogP contribution in [-0.4, -0.2) is 23.0 Å². The summed E-state index contributed by atoms with van der Waals surface area (Å²) < 4.78 is 0. The maximum absolute atomic E-state index is 13.5. The highest BCUT2D eigenvalue weighted by Crippen LogP contribution is 2.29. The Hall–Kier alpha value is -4.62. The van der Waals surface area contributed by atoms with Crippen molar-refractivity contribution in [2.24, 2.45) is 0 Å². The van der Waals surface area contributed by atoms with Crippen LogP contribution >= 0.6 is 11.8 Å². The summed E-state index contributed by atoms with van der Waals surface area (Å²) >= 11 is 1.44. The zero-order chi connectivity index (χ0) is 29.2. The number of hydrogen-bond acceptors (Lipinski definition) is 4. The minimum absolute atomic E-state index is 0.0756. The summed E-state index contributed by atoms with van der Waals surface area (Å²) in [6.07, 6.45) is 2.31. The summed E-state index contributed by atoms with van der Waals surface area (Å²) in [6.45, 7) is 5.87. The van der Waals surface area contributed by atoms with Crippen LogP contribution in [0.5, 0.6) is 0 Å². The largest absolute Gasteiger partial charge is 0.325 e. The van der Waals surface area contributed by atoms with Crippen LogP contribution in [0.15, 0.2) is 114 Å². The van der Waals surface area contributed by atoms with Crippen molar-refractivity contribution < 1.29 is 14.4 Å². The molecule has 6 nitrogen and oxygen atoms in total. The maximum atomic E-state index is 13.5. The number of nitrogens with one attached hydrogen (secondary N) is 3. The van der Waals surface area contributed by atoms with Gasteiger partial charge in [0.25, 0.3) is 11.8 Å². The summed E-state index contributed by atoms with van der Waals surface area (Å²) in [5.74, 6) is -0.910. The van der Waals surface area contributed by atoms with Crippen LogP contribution in [-0.2, 0) is 9.59 Å². The van der Waals surface area contributed by atoms with Gasteiger partial charge < -0.3 is 16.0 Å². The first kappa shape index (κ1) is 29.4. The normalized spacial score (nSPS) is 11.8. The zero-order valence-corrected chi connectivity index (χ0v) is 24.1.